The lowest BCUT2D eigenvalue weighted by Crippen LogP contribution is -2.32. The molecule has 1 amide bonds. The number of rotatable bonds is 9. The maximum absolute atomic E-state index is 16.3. The highest BCUT2D eigenvalue weighted by molar-refractivity contribution is 6.30. The highest BCUT2D eigenvalue weighted by Gasteiger charge is 2.42. The molecule has 2 unspecified atom stereocenters. The predicted octanol–water partition coefficient (Wildman–Crippen LogP) is 9.97. The van der Waals surface area contributed by atoms with Crippen molar-refractivity contribution in [2.24, 2.45) is 0 Å². The number of carbonyl (C=O) groups is 1. The van der Waals surface area contributed by atoms with Crippen LogP contribution < -0.4 is 14.8 Å². The van der Waals surface area contributed by atoms with Gasteiger partial charge in [-0.25, -0.2) is 13.8 Å². The minimum absolute atomic E-state index is 0.0339. The van der Waals surface area contributed by atoms with Gasteiger partial charge in [0.2, 0.25) is 0 Å². The lowest BCUT2D eigenvalue weighted by atomic mass is 9.96. The highest BCUT2D eigenvalue weighted by atomic mass is 35.5. The molecule has 1 saturated carbocycles. The molecule has 282 valence electrons. The van der Waals surface area contributed by atoms with Crippen LogP contribution in [-0.2, 0) is 23.5 Å². The van der Waals surface area contributed by atoms with Crippen molar-refractivity contribution < 1.29 is 27.8 Å². The van der Waals surface area contributed by atoms with E-state index in [1.165, 1.54) is 18.2 Å². The summed E-state index contributed by atoms with van der Waals surface area (Å²) in [4.78, 5) is 18.4. The van der Waals surface area contributed by atoms with Crippen molar-refractivity contribution >= 4 is 45.1 Å². The second-order valence-corrected chi connectivity index (χ2v) is 15.5. The normalized spacial score (nSPS) is 18.8. The van der Waals surface area contributed by atoms with Crippen LogP contribution >= 0.6 is 11.6 Å². The van der Waals surface area contributed by atoms with Crippen LogP contribution in [0.4, 0.5) is 14.5 Å². The van der Waals surface area contributed by atoms with E-state index in [9.17, 15) is 9.18 Å². The number of amides is 1. The maximum Gasteiger partial charge on any atom is 0.278 e. The molecule has 0 bridgehead atoms. The van der Waals surface area contributed by atoms with Gasteiger partial charge in [-0.2, -0.15) is 5.10 Å². The molecule has 1 saturated heterocycles. The largest absolute Gasteiger partial charge is 0.444 e. The number of H-pyrrole nitrogens is 1. The zero-order valence-corrected chi connectivity index (χ0v) is 31.3. The van der Waals surface area contributed by atoms with Crippen molar-refractivity contribution in [1.82, 2.24) is 19.7 Å². The number of hydrogen-bond acceptors (Lipinski definition) is 6. The summed E-state index contributed by atoms with van der Waals surface area (Å²) in [7, 11) is 0. The molecule has 2 aliphatic heterocycles. The van der Waals surface area contributed by atoms with Crippen LogP contribution in [0.15, 0.2) is 84.9 Å². The van der Waals surface area contributed by atoms with Gasteiger partial charge in [-0.3, -0.25) is 9.89 Å². The first-order valence-electron chi connectivity index (χ1n) is 18.8. The molecular weight excluding hydrogens is 736 g/mol. The Kier molecular flexibility index (Phi) is 8.16. The van der Waals surface area contributed by atoms with Gasteiger partial charge in [-0.1, -0.05) is 29.8 Å². The van der Waals surface area contributed by atoms with Crippen LogP contribution in [-0.4, -0.2) is 38.4 Å². The van der Waals surface area contributed by atoms with Crippen LogP contribution in [0.2, 0.25) is 5.02 Å². The number of ether oxygens (including phenoxy) is 3. The Morgan fingerprint density at radius 1 is 1.00 bits per heavy atom. The summed E-state index contributed by atoms with van der Waals surface area (Å²) < 4.78 is 51.7. The van der Waals surface area contributed by atoms with Crippen LogP contribution in [0.25, 0.3) is 33.1 Å². The van der Waals surface area contributed by atoms with Crippen LogP contribution in [0.3, 0.4) is 0 Å². The molecule has 2 N–H and O–H groups in total. The molecule has 0 radical (unpaired) electrons. The lowest BCUT2D eigenvalue weighted by Gasteiger charge is -2.27. The second kappa shape index (κ2) is 13.2. The first-order chi connectivity index (χ1) is 27.1. The monoisotopic (exact) mass is 771 g/mol. The first-order valence-corrected chi connectivity index (χ1v) is 19.1. The minimum atomic E-state index is -1.44. The molecule has 2 atom stereocenters. The van der Waals surface area contributed by atoms with Crippen molar-refractivity contribution in [3.8, 4) is 22.6 Å². The molecular formula is C44H36ClF2N5O4. The molecule has 5 aromatic carbocycles. The Morgan fingerprint density at radius 2 is 1.86 bits per heavy atom. The zero-order valence-electron chi connectivity index (χ0n) is 30.6. The van der Waals surface area contributed by atoms with Crippen LogP contribution in [0.5, 0.6) is 11.5 Å². The number of aryl methyl sites for hydroxylation is 1. The van der Waals surface area contributed by atoms with E-state index in [2.05, 4.69) is 20.1 Å². The number of aromatic nitrogens is 4. The highest BCUT2D eigenvalue weighted by Crippen LogP contribution is 2.50. The fourth-order valence-electron chi connectivity index (χ4n) is 7.91. The SMILES string of the molecule is Cc1cc(-c2cccc3c2OC(C)(c2ccc(Cl)cc2F)O3)cc(F)c1Cc1nc2cc(NC(=O)c3ccc4[nH]nc(C5CC5)c4c3)ccc2n1CC1CCO1. The third-order valence-corrected chi connectivity index (χ3v) is 11.4. The lowest BCUT2D eigenvalue weighted by molar-refractivity contribution is -0.0705. The zero-order chi connectivity index (χ0) is 38.3. The average molecular weight is 772 g/mol. The molecule has 3 aliphatic rings. The van der Waals surface area contributed by atoms with Gasteiger partial charge >= 0.3 is 0 Å². The van der Waals surface area contributed by atoms with Gasteiger partial charge in [0.25, 0.3) is 11.7 Å². The number of nitrogens with one attached hydrogen (secondary N) is 2. The standard InChI is InChI=1S/C44H36ClF2N5O4/c1-23-16-26(30-4-3-5-39-42(30)56-44(2,55-39)33-11-9-27(45)19-35(33)47)18-34(46)31(23)21-40-49-37-20-28(10-13-38(37)52(40)22-29-14-15-54-29)48-43(53)25-8-12-36-32(17-25)41(51-50-36)24-6-7-24/h3-5,8-13,16-20,24,29H,6-7,14-15,21-22H2,1-2H3,(H,48,53)(H,50,51). The average Bonchev–Trinajstić information content (AvgIpc) is 3.67. The Bertz CT molecular complexity index is 2720. The Labute approximate surface area is 325 Å². The van der Waals surface area contributed by atoms with Gasteiger partial charge in [-0.15, -0.1) is 0 Å². The minimum Gasteiger partial charge on any atom is -0.444 e. The van der Waals surface area contributed by atoms with Gasteiger partial charge in [0.15, 0.2) is 11.5 Å². The van der Waals surface area contributed by atoms with Gasteiger partial charge < -0.3 is 24.1 Å². The molecule has 12 heteroatoms. The second-order valence-electron chi connectivity index (χ2n) is 15.1. The summed E-state index contributed by atoms with van der Waals surface area (Å²) in [6.45, 7) is 4.79. The van der Waals surface area contributed by atoms with E-state index >= 15 is 4.39 Å². The quantitative estimate of drug-likeness (QED) is 0.152. The third-order valence-electron chi connectivity index (χ3n) is 11.1. The van der Waals surface area contributed by atoms with Crippen molar-refractivity contribution in [3.05, 3.63) is 135 Å². The number of hydrogen-bond donors (Lipinski definition) is 2. The molecule has 7 aromatic rings. The molecule has 56 heavy (non-hydrogen) atoms. The number of anilines is 1. The van der Waals surface area contributed by atoms with E-state index in [0.29, 0.717) is 69.9 Å². The van der Waals surface area contributed by atoms with E-state index in [1.807, 2.05) is 49.4 Å². The summed E-state index contributed by atoms with van der Waals surface area (Å²) in [5.41, 5.74) is 7.30. The van der Waals surface area contributed by atoms with Crippen molar-refractivity contribution in [2.75, 3.05) is 11.9 Å². The fourth-order valence-corrected chi connectivity index (χ4v) is 8.07. The molecule has 1 aliphatic carbocycles. The maximum atomic E-state index is 16.3. The number of halogens is 3. The molecule has 4 heterocycles. The Morgan fingerprint density at radius 3 is 2.62 bits per heavy atom. The number of benzene rings is 5. The number of para-hydroxylation sites is 1. The Hall–Kier alpha value is -5.78. The molecule has 9 nitrogen and oxygen atoms in total. The summed E-state index contributed by atoms with van der Waals surface area (Å²) in [5, 5.41) is 11.9. The van der Waals surface area contributed by atoms with Crippen molar-refractivity contribution in [3.63, 3.8) is 0 Å². The smallest absolute Gasteiger partial charge is 0.278 e. The van der Waals surface area contributed by atoms with Gasteiger partial charge in [-0.05, 0) is 110 Å². The van der Waals surface area contributed by atoms with E-state index in [0.717, 1.165) is 46.9 Å². The van der Waals surface area contributed by atoms with Crippen LogP contribution in [0.1, 0.15) is 70.7 Å². The number of nitrogens with zero attached hydrogens (tertiary/aromatic N) is 3. The molecule has 2 fully saturated rings. The fraction of sp³-hybridized carbons (Fsp3) is 0.250. The number of carbonyl (C=O) groups excluding carboxylic acids is 1. The summed E-state index contributed by atoms with van der Waals surface area (Å²) in [5.74, 6) is -0.661. The molecule has 10 rings (SSSR count). The summed E-state index contributed by atoms with van der Waals surface area (Å²) in [6, 6.07) is 24.4. The van der Waals surface area contributed by atoms with E-state index in [-0.39, 0.29) is 29.0 Å². The van der Waals surface area contributed by atoms with Crippen molar-refractivity contribution in [2.45, 2.75) is 63.9 Å². The van der Waals surface area contributed by atoms with Gasteiger partial charge in [0, 0.05) is 53.1 Å². The summed E-state index contributed by atoms with van der Waals surface area (Å²) in [6.07, 6.45) is 3.43. The third kappa shape index (κ3) is 6.06. The first kappa shape index (κ1) is 34.7. The summed E-state index contributed by atoms with van der Waals surface area (Å²) >= 11 is 6.00. The topological polar surface area (TPSA) is 103 Å². The Balaban J connectivity index is 0.938. The van der Waals surface area contributed by atoms with Crippen LogP contribution in [0, 0.1) is 18.6 Å². The van der Waals surface area contributed by atoms with E-state index < -0.39 is 17.4 Å². The number of fused-ring (bicyclic) bond motifs is 3. The van der Waals surface area contributed by atoms with Gasteiger partial charge in [0.05, 0.1) is 40.5 Å². The molecule has 0 spiro atoms. The number of aromatic amines is 1. The van der Waals surface area contributed by atoms with Gasteiger partial charge in [0.1, 0.15) is 17.5 Å². The van der Waals surface area contributed by atoms with E-state index in [4.69, 9.17) is 30.8 Å². The predicted molar refractivity (Wildman–Crippen MR) is 210 cm³/mol. The molecule has 2 aromatic heterocycles. The van der Waals surface area contributed by atoms with E-state index in [1.54, 1.807) is 31.2 Å². The van der Waals surface area contributed by atoms with Crippen molar-refractivity contribution in [1.29, 1.82) is 0 Å². The number of imidazole rings is 1.